The van der Waals surface area contributed by atoms with Gasteiger partial charge in [-0.2, -0.15) is 0 Å². The van der Waals surface area contributed by atoms with E-state index < -0.39 is 5.97 Å². The average Bonchev–Trinajstić information content (AvgIpc) is 2.56. The van der Waals surface area contributed by atoms with Crippen molar-refractivity contribution in [1.82, 2.24) is 4.57 Å². The minimum Gasteiger partial charge on any atom is -0.462 e. The number of esters is 1. The highest BCUT2D eigenvalue weighted by atomic mass is 16.5. The number of methoxy groups -OCH3 is 1. The highest BCUT2D eigenvalue weighted by molar-refractivity contribution is 5.93. The Morgan fingerprint density at radius 3 is 2.57 bits per heavy atom. The van der Waals surface area contributed by atoms with Gasteiger partial charge in [0.2, 0.25) is 5.43 Å². The fourth-order valence-electron chi connectivity index (χ4n) is 2.24. The molecule has 0 amide bonds. The molecule has 0 saturated heterocycles. The smallest absolute Gasteiger partial charge is 0.343 e. The van der Waals surface area contributed by atoms with Crippen LogP contribution in [-0.2, 0) is 16.0 Å². The predicted octanol–water partition coefficient (Wildman–Crippen LogP) is 3.16. The lowest BCUT2D eigenvalue weighted by Gasteiger charge is -2.13. The molecule has 5 nitrogen and oxygen atoms in total. The molecule has 0 spiro atoms. The zero-order valence-electron chi connectivity index (χ0n) is 14.5. The van der Waals surface area contributed by atoms with E-state index in [1.807, 2.05) is 37.5 Å². The molecule has 1 heterocycles. The van der Waals surface area contributed by atoms with Gasteiger partial charge in [0.15, 0.2) is 0 Å². The van der Waals surface area contributed by atoms with Crippen molar-refractivity contribution in [1.29, 1.82) is 0 Å². The van der Waals surface area contributed by atoms with Gasteiger partial charge in [-0.05, 0) is 26.0 Å². The van der Waals surface area contributed by atoms with Crippen molar-refractivity contribution in [3.05, 3.63) is 45.7 Å². The Kier molecular flexibility index (Phi) is 7.48. The second-order valence-corrected chi connectivity index (χ2v) is 4.80. The Labute approximate surface area is 136 Å². The molecule has 23 heavy (non-hydrogen) atoms. The number of nitrogens with zero attached hydrogens (tertiary/aromatic N) is 1. The molecule has 0 N–H and O–H groups in total. The molecule has 0 atom stereocenters. The van der Waals surface area contributed by atoms with E-state index in [-0.39, 0.29) is 17.6 Å². The van der Waals surface area contributed by atoms with Gasteiger partial charge in [-0.25, -0.2) is 4.79 Å². The maximum Gasteiger partial charge on any atom is 0.343 e. The van der Waals surface area contributed by atoms with E-state index in [4.69, 9.17) is 9.47 Å². The van der Waals surface area contributed by atoms with Crippen LogP contribution in [0.2, 0.25) is 0 Å². The second kappa shape index (κ2) is 9.10. The Bertz CT molecular complexity index is 719. The van der Waals surface area contributed by atoms with E-state index >= 15 is 0 Å². The minimum atomic E-state index is -0.586. The number of pyridine rings is 1. The molecule has 2 rings (SSSR count). The van der Waals surface area contributed by atoms with Crippen molar-refractivity contribution < 1.29 is 14.3 Å². The zero-order valence-corrected chi connectivity index (χ0v) is 14.5. The largest absolute Gasteiger partial charge is 0.462 e. The van der Waals surface area contributed by atoms with Gasteiger partial charge in [-0.1, -0.05) is 25.5 Å². The number of fused-ring (bicyclic) bond motifs is 1. The first kappa shape index (κ1) is 18.9. The number of carbonyl (C=O) groups excluding carboxylic acids is 1. The average molecular weight is 319 g/mol. The number of carbonyl (C=O) groups is 1. The van der Waals surface area contributed by atoms with Crippen LogP contribution in [0.1, 0.15) is 36.7 Å². The molecule has 126 valence electrons. The SMILES string of the molecule is CC.CCOC(=O)c1cn(CCOC)c2ccc(C)cc2c1=O. The highest BCUT2D eigenvalue weighted by Crippen LogP contribution is 2.14. The molecule has 0 bridgehead atoms. The van der Waals surface area contributed by atoms with Gasteiger partial charge < -0.3 is 14.0 Å². The van der Waals surface area contributed by atoms with Crippen LogP contribution >= 0.6 is 0 Å². The molecule has 0 saturated carbocycles. The van der Waals surface area contributed by atoms with Crippen molar-refractivity contribution in [3.8, 4) is 0 Å². The first-order valence-electron chi connectivity index (χ1n) is 7.88. The van der Waals surface area contributed by atoms with E-state index in [0.29, 0.717) is 18.5 Å². The lowest BCUT2D eigenvalue weighted by atomic mass is 10.1. The molecule has 0 aliphatic rings. The normalized spacial score (nSPS) is 10.1. The summed E-state index contributed by atoms with van der Waals surface area (Å²) in [6.45, 7) is 8.92. The van der Waals surface area contributed by atoms with Crippen molar-refractivity contribution in [2.75, 3.05) is 20.3 Å². The summed E-state index contributed by atoms with van der Waals surface area (Å²) in [6.07, 6.45) is 1.55. The van der Waals surface area contributed by atoms with Crippen LogP contribution in [0.3, 0.4) is 0 Å². The van der Waals surface area contributed by atoms with Gasteiger partial charge in [0.05, 0.1) is 18.7 Å². The molecule has 0 fully saturated rings. The summed E-state index contributed by atoms with van der Waals surface area (Å²) in [5.41, 5.74) is 1.53. The molecule has 1 aromatic carbocycles. The van der Waals surface area contributed by atoms with E-state index in [0.717, 1.165) is 11.1 Å². The third-order valence-corrected chi connectivity index (χ3v) is 3.27. The van der Waals surface area contributed by atoms with Crippen LogP contribution in [0.4, 0.5) is 0 Å². The van der Waals surface area contributed by atoms with Gasteiger partial charge in [0.1, 0.15) is 5.56 Å². The fraction of sp³-hybridized carbons (Fsp3) is 0.444. The van der Waals surface area contributed by atoms with Crippen molar-refractivity contribution in [2.45, 2.75) is 34.2 Å². The standard InChI is InChI=1S/C16H19NO4.C2H6/c1-4-21-16(19)13-10-17(7-8-20-3)14-6-5-11(2)9-12(14)15(13)18;1-2/h5-6,9-10H,4,7-8H2,1-3H3;1-2H3. The van der Waals surface area contributed by atoms with Gasteiger partial charge in [-0.15, -0.1) is 0 Å². The number of aromatic nitrogens is 1. The Morgan fingerprint density at radius 1 is 1.26 bits per heavy atom. The Hall–Kier alpha value is -2.14. The Balaban J connectivity index is 0.00000127. The van der Waals surface area contributed by atoms with Crippen LogP contribution in [0.15, 0.2) is 29.2 Å². The van der Waals surface area contributed by atoms with Gasteiger partial charge >= 0.3 is 5.97 Å². The molecule has 2 aromatic rings. The van der Waals surface area contributed by atoms with Gasteiger partial charge in [0.25, 0.3) is 0 Å². The Morgan fingerprint density at radius 2 is 1.96 bits per heavy atom. The number of ether oxygens (including phenoxy) is 2. The summed E-state index contributed by atoms with van der Waals surface area (Å²) >= 11 is 0. The minimum absolute atomic E-state index is 0.0612. The van der Waals surface area contributed by atoms with Crippen LogP contribution in [0.25, 0.3) is 10.9 Å². The summed E-state index contributed by atoms with van der Waals surface area (Å²) in [5, 5.41) is 0.525. The van der Waals surface area contributed by atoms with Crippen LogP contribution < -0.4 is 5.43 Å². The molecular formula is C18H25NO4. The number of benzene rings is 1. The van der Waals surface area contributed by atoms with Gasteiger partial charge in [-0.3, -0.25) is 4.79 Å². The zero-order chi connectivity index (χ0) is 17.4. The first-order valence-corrected chi connectivity index (χ1v) is 7.88. The van der Waals surface area contributed by atoms with E-state index in [2.05, 4.69) is 0 Å². The number of aryl methyl sites for hydroxylation is 1. The quantitative estimate of drug-likeness (QED) is 0.794. The van der Waals surface area contributed by atoms with Crippen molar-refractivity contribution >= 4 is 16.9 Å². The number of rotatable bonds is 5. The fourth-order valence-corrected chi connectivity index (χ4v) is 2.24. The molecule has 0 radical (unpaired) electrons. The van der Waals surface area contributed by atoms with Crippen molar-refractivity contribution in [2.24, 2.45) is 0 Å². The molecule has 0 aliphatic heterocycles. The van der Waals surface area contributed by atoms with Gasteiger partial charge in [0, 0.05) is 25.2 Å². The third-order valence-electron chi connectivity index (χ3n) is 3.27. The number of hydrogen-bond donors (Lipinski definition) is 0. The topological polar surface area (TPSA) is 57.5 Å². The third kappa shape index (κ3) is 4.42. The van der Waals surface area contributed by atoms with E-state index in [1.54, 1.807) is 26.3 Å². The lowest BCUT2D eigenvalue weighted by molar-refractivity contribution is 0.0524. The summed E-state index contributed by atoms with van der Waals surface area (Å²) < 4.78 is 11.9. The first-order chi connectivity index (χ1) is 11.1. The van der Waals surface area contributed by atoms with Crippen LogP contribution in [0, 0.1) is 6.92 Å². The highest BCUT2D eigenvalue weighted by Gasteiger charge is 2.16. The maximum absolute atomic E-state index is 12.5. The maximum atomic E-state index is 12.5. The molecule has 1 aromatic heterocycles. The summed E-state index contributed by atoms with van der Waals surface area (Å²) in [6, 6.07) is 5.62. The van der Waals surface area contributed by atoms with Crippen LogP contribution in [-0.4, -0.2) is 30.9 Å². The predicted molar refractivity (Wildman–Crippen MR) is 92.1 cm³/mol. The molecular weight excluding hydrogens is 294 g/mol. The van der Waals surface area contributed by atoms with E-state index in [1.165, 1.54) is 0 Å². The second-order valence-electron chi connectivity index (χ2n) is 4.80. The summed E-state index contributed by atoms with van der Waals surface area (Å²) in [7, 11) is 1.61. The molecule has 0 unspecified atom stereocenters. The number of hydrogen-bond acceptors (Lipinski definition) is 4. The van der Waals surface area contributed by atoms with Crippen molar-refractivity contribution in [3.63, 3.8) is 0 Å². The summed E-state index contributed by atoms with van der Waals surface area (Å²) in [5.74, 6) is -0.586. The lowest BCUT2D eigenvalue weighted by Crippen LogP contribution is -2.21. The monoisotopic (exact) mass is 319 g/mol. The van der Waals surface area contributed by atoms with Crippen LogP contribution in [0.5, 0.6) is 0 Å². The van der Waals surface area contributed by atoms with E-state index in [9.17, 15) is 9.59 Å². The molecule has 0 aliphatic carbocycles. The summed E-state index contributed by atoms with van der Waals surface area (Å²) in [4.78, 5) is 24.4. The molecule has 5 heteroatoms.